The zero-order valence-electron chi connectivity index (χ0n) is 18.6. The minimum Gasteiger partial charge on any atom is -0.376 e. The number of fused-ring (bicyclic) bond motifs is 2. The molecule has 0 aromatic heterocycles. The first kappa shape index (κ1) is 25.0. The van der Waals surface area contributed by atoms with Crippen LogP contribution < -0.4 is 10.2 Å². The van der Waals surface area contributed by atoms with Gasteiger partial charge in [0.05, 0.1) is 11.4 Å². The molecule has 2 aromatic carbocycles. The number of para-hydroxylation sites is 1. The molecule has 0 radical (unpaired) electrons. The lowest BCUT2D eigenvalue weighted by molar-refractivity contribution is 0.332. The van der Waals surface area contributed by atoms with E-state index in [1.807, 2.05) is 11.8 Å². The largest absolute Gasteiger partial charge is 0.376 e. The van der Waals surface area contributed by atoms with Crippen LogP contribution in [0.2, 0.25) is 0 Å². The van der Waals surface area contributed by atoms with Gasteiger partial charge in [0, 0.05) is 34.5 Å². The van der Waals surface area contributed by atoms with E-state index in [9.17, 15) is 0 Å². The molecule has 0 unspecified atom stereocenters. The highest BCUT2D eigenvalue weighted by atomic mass is 35.5. The normalized spacial score (nSPS) is 14.4. The summed E-state index contributed by atoms with van der Waals surface area (Å²) in [5, 5.41) is 3.46. The third kappa shape index (κ3) is 5.70. The van der Waals surface area contributed by atoms with Gasteiger partial charge in [-0.15, -0.1) is 12.4 Å². The molecule has 0 saturated carbocycles. The predicted molar refractivity (Wildman–Crippen MR) is 138 cm³/mol. The van der Waals surface area contributed by atoms with Gasteiger partial charge in [-0.2, -0.15) is 0 Å². The minimum atomic E-state index is 0. The molecule has 0 aliphatic carbocycles. The fourth-order valence-corrected chi connectivity index (χ4v) is 4.84. The van der Waals surface area contributed by atoms with Crippen LogP contribution in [0.5, 0.6) is 0 Å². The molecule has 0 amide bonds. The topological polar surface area (TPSA) is 18.5 Å². The summed E-state index contributed by atoms with van der Waals surface area (Å²) in [6.07, 6.45) is 1.16. The number of anilines is 2. The number of hydrogen-bond donors (Lipinski definition) is 1. The second-order valence-corrected chi connectivity index (χ2v) is 9.54. The van der Waals surface area contributed by atoms with E-state index >= 15 is 0 Å². The standard InChI is InChI=1S/C24H33N3S2.ClH/c1-6-17(3)15-25-24(28)19-12-13-23-21(14-19)27(18(4)16-26(5)7-2)20-10-8-9-11-22(20)29-23;/h8-14,17-18H,6-7,15-16H2,1-5H3,(H,25,28);1H/t17-,18-;/m1./s1. The Morgan fingerprint density at radius 1 is 1.10 bits per heavy atom. The van der Waals surface area contributed by atoms with Crippen molar-refractivity contribution in [2.45, 2.75) is 49.9 Å². The first-order valence-corrected chi connectivity index (χ1v) is 11.8. The van der Waals surface area contributed by atoms with Gasteiger partial charge < -0.3 is 15.1 Å². The summed E-state index contributed by atoms with van der Waals surface area (Å²) in [5.41, 5.74) is 3.65. The number of nitrogens with zero attached hydrogens (tertiary/aromatic N) is 2. The number of hydrogen-bond acceptors (Lipinski definition) is 4. The van der Waals surface area contributed by atoms with Crippen molar-refractivity contribution in [3.05, 3.63) is 48.0 Å². The molecule has 0 spiro atoms. The molecule has 30 heavy (non-hydrogen) atoms. The van der Waals surface area contributed by atoms with Gasteiger partial charge in [-0.05, 0) is 50.7 Å². The van der Waals surface area contributed by atoms with Crippen molar-refractivity contribution in [3.8, 4) is 0 Å². The highest BCUT2D eigenvalue weighted by Crippen LogP contribution is 2.49. The van der Waals surface area contributed by atoms with Crippen LogP contribution in [-0.2, 0) is 0 Å². The van der Waals surface area contributed by atoms with E-state index < -0.39 is 0 Å². The third-order valence-electron chi connectivity index (χ3n) is 5.69. The Kier molecular flexibility index (Phi) is 9.48. The second-order valence-electron chi connectivity index (χ2n) is 8.05. The number of benzene rings is 2. The minimum absolute atomic E-state index is 0. The number of rotatable bonds is 8. The molecule has 0 fully saturated rings. The van der Waals surface area contributed by atoms with Crippen molar-refractivity contribution < 1.29 is 0 Å². The molecule has 2 aromatic rings. The van der Waals surface area contributed by atoms with Crippen molar-refractivity contribution in [1.82, 2.24) is 10.2 Å². The van der Waals surface area contributed by atoms with Gasteiger partial charge in [0.2, 0.25) is 0 Å². The molecular weight excluding hydrogens is 430 g/mol. The molecule has 164 valence electrons. The predicted octanol–water partition coefficient (Wildman–Crippen LogP) is 6.36. The van der Waals surface area contributed by atoms with Crippen LogP contribution >= 0.6 is 36.4 Å². The molecular formula is C24H34ClN3S2. The van der Waals surface area contributed by atoms with E-state index in [0.717, 1.165) is 36.6 Å². The summed E-state index contributed by atoms with van der Waals surface area (Å²) in [6, 6.07) is 15.7. The molecule has 1 aliphatic rings. The van der Waals surface area contributed by atoms with Crippen LogP contribution in [0.1, 0.15) is 39.7 Å². The van der Waals surface area contributed by atoms with E-state index in [0.29, 0.717) is 12.0 Å². The van der Waals surface area contributed by atoms with Gasteiger partial charge in [-0.3, -0.25) is 0 Å². The van der Waals surface area contributed by atoms with E-state index in [1.54, 1.807) is 0 Å². The summed E-state index contributed by atoms with van der Waals surface area (Å²) < 4.78 is 0. The molecule has 1 aliphatic heterocycles. The first-order valence-electron chi connectivity index (χ1n) is 10.6. The lowest BCUT2D eigenvalue weighted by atomic mass is 10.1. The molecule has 1 heterocycles. The SMILES string of the molecule is CC[C@@H](C)CNC(=S)c1ccc2c(c1)N([C@H](C)CN(C)CC)c1ccccc1S2.Cl. The fourth-order valence-electron chi connectivity index (χ4n) is 3.57. The van der Waals surface area contributed by atoms with E-state index in [2.05, 4.69) is 92.3 Å². The summed E-state index contributed by atoms with van der Waals surface area (Å²) >= 11 is 7.57. The molecule has 1 N–H and O–H groups in total. The van der Waals surface area contributed by atoms with Crippen LogP contribution in [0.25, 0.3) is 0 Å². The van der Waals surface area contributed by atoms with Crippen LogP contribution in [0.3, 0.4) is 0 Å². The Balaban J connectivity index is 0.00000320. The molecule has 6 heteroatoms. The maximum absolute atomic E-state index is 5.72. The maximum atomic E-state index is 5.72. The van der Waals surface area contributed by atoms with Gasteiger partial charge in [0.1, 0.15) is 4.99 Å². The van der Waals surface area contributed by atoms with Crippen molar-refractivity contribution in [2.24, 2.45) is 5.92 Å². The van der Waals surface area contributed by atoms with Crippen molar-refractivity contribution in [2.75, 3.05) is 31.6 Å². The van der Waals surface area contributed by atoms with Gasteiger partial charge >= 0.3 is 0 Å². The second kappa shape index (κ2) is 11.4. The van der Waals surface area contributed by atoms with Crippen LogP contribution in [0.15, 0.2) is 52.3 Å². The Bertz CT molecular complexity index is 858. The Labute approximate surface area is 198 Å². The summed E-state index contributed by atoms with van der Waals surface area (Å²) in [7, 11) is 2.19. The van der Waals surface area contributed by atoms with Gasteiger partial charge in [-0.25, -0.2) is 0 Å². The molecule has 0 bridgehead atoms. The van der Waals surface area contributed by atoms with Gasteiger partial charge in [0.25, 0.3) is 0 Å². The first-order chi connectivity index (χ1) is 13.9. The molecule has 2 atom stereocenters. The fraction of sp³-hybridized carbons (Fsp3) is 0.458. The smallest absolute Gasteiger partial charge is 0.106 e. The maximum Gasteiger partial charge on any atom is 0.106 e. The Morgan fingerprint density at radius 3 is 2.50 bits per heavy atom. The monoisotopic (exact) mass is 463 g/mol. The van der Waals surface area contributed by atoms with E-state index in [-0.39, 0.29) is 12.4 Å². The number of thiocarbonyl (C=S) groups is 1. The highest BCUT2D eigenvalue weighted by molar-refractivity contribution is 7.99. The van der Waals surface area contributed by atoms with Gasteiger partial charge in [-0.1, -0.05) is 69.4 Å². The molecule has 3 nitrogen and oxygen atoms in total. The zero-order chi connectivity index (χ0) is 21.0. The number of nitrogens with one attached hydrogen (secondary N) is 1. The summed E-state index contributed by atoms with van der Waals surface area (Å²) in [4.78, 5) is 8.32. The average molecular weight is 464 g/mol. The Hall–Kier alpha value is -1.27. The van der Waals surface area contributed by atoms with Crippen LogP contribution in [0, 0.1) is 5.92 Å². The van der Waals surface area contributed by atoms with Crippen LogP contribution in [0.4, 0.5) is 11.4 Å². The quantitative estimate of drug-likeness (QED) is 0.457. The van der Waals surface area contributed by atoms with E-state index in [4.69, 9.17) is 12.2 Å². The molecule has 0 saturated heterocycles. The van der Waals surface area contributed by atoms with E-state index in [1.165, 1.54) is 21.2 Å². The van der Waals surface area contributed by atoms with Crippen molar-refractivity contribution in [1.29, 1.82) is 0 Å². The summed E-state index contributed by atoms with van der Waals surface area (Å²) in [6.45, 7) is 12.0. The third-order valence-corrected chi connectivity index (χ3v) is 7.20. The molecule has 3 rings (SSSR count). The lowest BCUT2D eigenvalue weighted by Gasteiger charge is -2.39. The zero-order valence-corrected chi connectivity index (χ0v) is 21.1. The van der Waals surface area contributed by atoms with Crippen LogP contribution in [-0.4, -0.2) is 42.6 Å². The lowest BCUT2D eigenvalue weighted by Crippen LogP contribution is -2.39. The highest BCUT2D eigenvalue weighted by Gasteiger charge is 2.28. The van der Waals surface area contributed by atoms with Crippen molar-refractivity contribution >= 4 is 52.8 Å². The van der Waals surface area contributed by atoms with Crippen molar-refractivity contribution in [3.63, 3.8) is 0 Å². The number of halogens is 1. The van der Waals surface area contributed by atoms with Gasteiger partial charge in [0.15, 0.2) is 0 Å². The Morgan fingerprint density at radius 2 is 1.80 bits per heavy atom. The summed E-state index contributed by atoms with van der Waals surface area (Å²) in [5.74, 6) is 0.620. The average Bonchev–Trinajstić information content (AvgIpc) is 2.74. The number of likely N-dealkylation sites (N-methyl/N-ethyl adjacent to an activating group) is 1.